The van der Waals surface area contributed by atoms with Gasteiger partial charge in [0.1, 0.15) is 22.7 Å². The smallest absolute Gasteiger partial charge is 0.406 e. The van der Waals surface area contributed by atoms with Gasteiger partial charge in [-0.25, -0.2) is 18.1 Å². The van der Waals surface area contributed by atoms with Gasteiger partial charge < -0.3 is 20.1 Å². The summed E-state index contributed by atoms with van der Waals surface area (Å²) in [6.45, 7) is 6.32. The topological polar surface area (TPSA) is 149 Å². The van der Waals surface area contributed by atoms with Gasteiger partial charge in [0.2, 0.25) is 10.0 Å². The van der Waals surface area contributed by atoms with Crippen molar-refractivity contribution >= 4 is 45.5 Å². The molecule has 0 unspecified atom stereocenters. The van der Waals surface area contributed by atoms with E-state index in [1.807, 2.05) is 0 Å². The molecule has 0 aliphatic carbocycles. The first-order chi connectivity index (χ1) is 21.9. The molecule has 2 fully saturated rings. The van der Waals surface area contributed by atoms with Crippen molar-refractivity contribution in [3.63, 3.8) is 0 Å². The molecule has 3 heterocycles. The predicted octanol–water partition coefficient (Wildman–Crippen LogP) is 3.45. The second kappa shape index (κ2) is 12.1. The van der Waals surface area contributed by atoms with Crippen molar-refractivity contribution in [1.82, 2.24) is 14.5 Å². The number of benzene rings is 2. The van der Waals surface area contributed by atoms with E-state index < -0.39 is 51.1 Å². The Morgan fingerprint density at radius 3 is 2.30 bits per heavy atom. The number of aliphatic imine (C=N–C) groups is 1. The van der Waals surface area contributed by atoms with Crippen LogP contribution in [0, 0.1) is 13.8 Å². The van der Waals surface area contributed by atoms with Crippen molar-refractivity contribution in [1.29, 1.82) is 0 Å². The van der Waals surface area contributed by atoms with Gasteiger partial charge in [0.25, 0.3) is 11.8 Å². The number of nitrogens with one attached hydrogen (secondary N) is 1. The van der Waals surface area contributed by atoms with Crippen LogP contribution in [0.4, 0.5) is 23.7 Å². The summed E-state index contributed by atoms with van der Waals surface area (Å²) in [7, 11) is -3.94. The Bertz CT molecular complexity index is 1780. The van der Waals surface area contributed by atoms with E-state index in [1.165, 1.54) is 27.4 Å². The molecule has 2 N–H and O–H groups in total. The normalized spacial score (nSPS) is 20.0. The molecule has 2 saturated heterocycles. The van der Waals surface area contributed by atoms with Gasteiger partial charge >= 0.3 is 12.4 Å². The number of sulfonamides is 1. The fraction of sp³-hybridized carbons (Fsp3) is 0.419. The molecule has 0 bridgehead atoms. The summed E-state index contributed by atoms with van der Waals surface area (Å²) >= 11 is 0. The highest BCUT2D eigenvalue weighted by atomic mass is 32.2. The number of nitrogens with zero attached hydrogens (tertiary/aromatic N) is 4. The molecule has 47 heavy (non-hydrogen) atoms. The number of amides is 4. The lowest BCUT2D eigenvalue weighted by Gasteiger charge is -2.34. The summed E-state index contributed by atoms with van der Waals surface area (Å²) < 4.78 is 69.8. The predicted molar refractivity (Wildman–Crippen MR) is 166 cm³/mol. The third-order valence-corrected chi connectivity index (χ3v) is 10.2. The number of halogens is 3. The van der Waals surface area contributed by atoms with Crippen molar-refractivity contribution in [2.24, 2.45) is 4.99 Å². The van der Waals surface area contributed by atoms with E-state index in [0.29, 0.717) is 22.4 Å². The number of aryl methyl sites for hydroxylation is 2. The number of anilines is 1. The maximum Gasteiger partial charge on any atom is 0.573 e. The van der Waals surface area contributed by atoms with Crippen molar-refractivity contribution < 1.29 is 45.8 Å². The first kappa shape index (κ1) is 34.1. The molecule has 0 radical (unpaired) electrons. The van der Waals surface area contributed by atoms with E-state index in [0.717, 1.165) is 22.4 Å². The van der Waals surface area contributed by atoms with Crippen LogP contribution in [0.3, 0.4) is 0 Å². The van der Waals surface area contributed by atoms with Gasteiger partial charge in [0, 0.05) is 30.6 Å². The maximum absolute atomic E-state index is 13.3. The number of β-amino-alcohol motifs (C(OH)–C–C–N with tert-alkyl or cyclic N) is 1. The van der Waals surface area contributed by atoms with Crippen LogP contribution in [0.5, 0.6) is 5.75 Å². The molecule has 2 aromatic rings. The molecule has 12 nitrogen and oxygen atoms in total. The lowest BCUT2D eigenvalue weighted by molar-refractivity contribution is -0.274. The van der Waals surface area contributed by atoms with Gasteiger partial charge in [-0.1, -0.05) is 12.1 Å². The van der Waals surface area contributed by atoms with Crippen LogP contribution in [-0.4, -0.2) is 90.1 Å². The molecule has 3 aliphatic rings. The Morgan fingerprint density at radius 2 is 1.70 bits per heavy atom. The Hall–Kier alpha value is -4.28. The van der Waals surface area contributed by atoms with Gasteiger partial charge in [-0.05, 0) is 87.6 Å². The molecular weight excluding hydrogens is 643 g/mol. The average molecular weight is 678 g/mol. The van der Waals surface area contributed by atoms with Crippen LogP contribution in [0.1, 0.15) is 48.9 Å². The summed E-state index contributed by atoms with van der Waals surface area (Å²) in [5, 5.41) is 13.1. The second-order valence-corrected chi connectivity index (χ2v) is 13.9. The van der Waals surface area contributed by atoms with Crippen LogP contribution in [0.25, 0.3) is 6.08 Å². The van der Waals surface area contributed by atoms with E-state index >= 15 is 0 Å². The number of amidine groups is 1. The Morgan fingerprint density at radius 1 is 1.06 bits per heavy atom. The van der Waals surface area contributed by atoms with E-state index in [4.69, 9.17) is 0 Å². The highest BCUT2D eigenvalue weighted by Crippen LogP contribution is 2.35. The van der Waals surface area contributed by atoms with E-state index in [1.54, 1.807) is 39.8 Å². The quantitative estimate of drug-likeness (QED) is 0.407. The first-order valence-corrected chi connectivity index (χ1v) is 16.2. The highest BCUT2D eigenvalue weighted by Gasteiger charge is 2.52. The number of imide groups is 1. The minimum Gasteiger partial charge on any atom is -0.406 e. The van der Waals surface area contributed by atoms with Crippen LogP contribution in [0.2, 0.25) is 0 Å². The molecule has 1 spiro atoms. The van der Waals surface area contributed by atoms with Crippen molar-refractivity contribution in [2.75, 3.05) is 31.1 Å². The van der Waals surface area contributed by atoms with Crippen LogP contribution in [-0.2, 0) is 19.6 Å². The van der Waals surface area contributed by atoms with Crippen LogP contribution < -0.4 is 15.0 Å². The number of carbonyl (C=O) groups is 3. The zero-order valence-electron chi connectivity index (χ0n) is 26.1. The van der Waals surface area contributed by atoms with Crippen molar-refractivity contribution in [2.45, 2.75) is 58.0 Å². The first-order valence-electron chi connectivity index (χ1n) is 14.7. The van der Waals surface area contributed by atoms with Crippen molar-refractivity contribution in [3.8, 4) is 5.75 Å². The highest BCUT2D eigenvalue weighted by molar-refractivity contribution is 7.92. The van der Waals surface area contributed by atoms with Gasteiger partial charge in [0.15, 0.2) is 0 Å². The third kappa shape index (κ3) is 6.49. The minimum atomic E-state index is -4.89. The number of alkyl halides is 3. The van der Waals surface area contributed by atoms with Gasteiger partial charge in [-0.3, -0.25) is 14.6 Å². The SMILES string of the molecule is Cc1cc(N2C(=O)N(CCO)C(C)(C)C2=O)cc(C)c1C=CS(=O)(=O)N1CCC2(CC1)N=C(c1cccc(OC(F)(F)F)c1)NC2=O. The molecule has 3 aliphatic heterocycles. The number of aliphatic hydroxyl groups excluding tert-OH is 1. The molecule has 4 amide bonds. The lowest BCUT2D eigenvalue weighted by atomic mass is 9.89. The molecule has 5 rings (SSSR count). The number of aliphatic hydroxyl groups is 1. The van der Waals surface area contributed by atoms with Crippen LogP contribution >= 0.6 is 0 Å². The Labute approximate surface area is 269 Å². The molecule has 0 aromatic heterocycles. The fourth-order valence-corrected chi connectivity index (χ4v) is 7.24. The third-order valence-electron chi connectivity index (χ3n) is 8.62. The lowest BCUT2D eigenvalue weighted by Crippen LogP contribution is -2.50. The van der Waals surface area contributed by atoms with E-state index in [2.05, 4.69) is 15.0 Å². The fourth-order valence-electron chi connectivity index (χ4n) is 6.07. The van der Waals surface area contributed by atoms with E-state index in [9.17, 15) is 41.1 Å². The molecule has 0 saturated carbocycles. The summed E-state index contributed by atoms with van der Waals surface area (Å²) in [4.78, 5) is 46.0. The second-order valence-electron chi connectivity index (χ2n) is 12.1. The zero-order chi connectivity index (χ0) is 34.5. The number of piperidine rings is 1. The number of carbonyl (C=O) groups excluding carboxylic acids is 3. The number of rotatable bonds is 8. The average Bonchev–Trinajstić information content (AvgIpc) is 3.37. The van der Waals surface area contributed by atoms with Crippen molar-refractivity contribution in [3.05, 3.63) is 64.1 Å². The Kier molecular flexibility index (Phi) is 8.74. The summed E-state index contributed by atoms with van der Waals surface area (Å²) in [6, 6.07) is 7.75. The van der Waals surface area contributed by atoms with Crippen LogP contribution in [0.15, 0.2) is 46.8 Å². The molecule has 2 aromatic carbocycles. The van der Waals surface area contributed by atoms with Gasteiger partial charge in [-0.2, -0.15) is 4.31 Å². The molecule has 252 valence electrons. The number of ether oxygens (including phenoxy) is 1. The largest absolute Gasteiger partial charge is 0.573 e. The molecular formula is C31H34F3N5O7S. The monoisotopic (exact) mass is 677 g/mol. The number of hydrogen-bond acceptors (Lipinski definition) is 8. The summed E-state index contributed by atoms with van der Waals surface area (Å²) in [5.74, 6) is -1.30. The Balaban J connectivity index is 1.29. The summed E-state index contributed by atoms with van der Waals surface area (Å²) in [6.07, 6.45) is -3.33. The standard InChI is InChI=1S/C31H34F3N5O7S/c1-19-16-22(39-27(42)29(3,4)38(13-14-40)28(39)43)17-20(2)24(19)8-15-47(44,45)37-11-9-30(10-12-37)26(41)35-25(36-30)21-6-5-7-23(18-21)46-31(32,33)34/h5-8,15-18,40H,9-14H2,1-4H3,(H,35,36,41). The maximum atomic E-state index is 13.3. The minimum absolute atomic E-state index is 0.00478. The number of urea groups is 1. The molecule has 0 atom stereocenters. The van der Waals surface area contributed by atoms with E-state index in [-0.39, 0.29) is 50.5 Å². The zero-order valence-corrected chi connectivity index (χ0v) is 26.9. The van der Waals surface area contributed by atoms with Gasteiger partial charge in [0.05, 0.1) is 12.3 Å². The van der Waals surface area contributed by atoms with Gasteiger partial charge in [-0.15, -0.1) is 13.2 Å². The number of hydrogen-bond donors (Lipinski definition) is 2. The molecule has 16 heteroatoms. The summed E-state index contributed by atoms with van der Waals surface area (Å²) in [5.41, 5.74) is -0.0346.